The van der Waals surface area contributed by atoms with E-state index in [1.165, 1.54) is 11.8 Å². The van der Waals surface area contributed by atoms with Crippen LogP contribution >= 0.6 is 11.8 Å². The fraction of sp³-hybridized carbons (Fsp3) is 0.286. The van der Waals surface area contributed by atoms with Crippen LogP contribution in [-0.4, -0.2) is 36.2 Å². The van der Waals surface area contributed by atoms with Crippen molar-refractivity contribution in [3.05, 3.63) is 65.7 Å². The Morgan fingerprint density at radius 2 is 1.64 bits per heavy atom. The van der Waals surface area contributed by atoms with Gasteiger partial charge < -0.3 is 15.4 Å². The molecule has 0 bridgehead atoms. The molecule has 28 heavy (non-hydrogen) atoms. The van der Waals surface area contributed by atoms with E-state index in [0.29, 0.717) is 17.0 Å². The molecule has 0 fully saturated rings. The molecule has 2 N–H and O–H groups in total. The highest BCUT2D eigenvalue weighted by atomic mass is 32.2. The number of thioether (sulfide) groups is 1. The van der Waals surface area contributed by atoms with Gasteiger partial charge in [-0.2, -0.15) is 0 Å². The summed E-state index contributed by atoms with van der Waals surface area (Å²) in [5, 5.41) is 5.50. The van der Waals surface area contributed by atoms with Gasteiger partial charge in [0.05, 0.1) is 11.3 Å². The van der Waals surface area contributed by atoms with Crippen LogP contribution in [-0.2, 0) is 20.9 Å². The molecule has 0 aliphatic heterocycles. The molecule has 0 aliphatic carbocycles. The third-order valence-electron chi connectivity index (χ3n) is 3.58. The fourth-order valence-corrected chi connectivity index (χ4v) is 3.18. The minimum absolute atomic E-state index is 0.0581. The van der Waals surface area contributed by atoms with Gasteiger partial charge in [0, 0.05) is 17.5 Å². The Labute approximate surface area is 169 Å². The predicted octanol–water partition coefficient (Wildman–Crippen LogP) is 2.78. The molecular weight excluding hydrogens is 376 g/mol. The summed E-state index contributed by atoms with van der Waals surface area (Å²) in [6, 6.07) is 16.4. The lowest BCUT2D eigenvalue weighted by atomic mass is 10.2. The maximum absolute atomic E-state index is 12.4. The van der Waals surface area contributed by atoms with Crippen molar-refractivity contribution in [2.24, 2.45) is 0 Å². The van der Waals surface area contributed by atoms with E-state index >= 15 is 0 Å². The topological polar surface area (TPSA) is 84.5 Å². The first-order valence-corrected chi connectivity index (χ1v) is 9.93. The van der Waals surface area contributed by atoms with Gasteiger partial charge in [-0.25, -0.2) is 4.79 Å². The molecule has 2 amide bonds. The van der Waals surface area contributed by atoms with Crippen LogP contribution in [0.5, 0.6) is 0 Å². The molecule has 0 aliphatic rings. The number of ether oxygens (including phenoxy) is 1. The average molecular weight is 401 g/mol. The molecule has 0 heterocycles. The van der Waals surface area contributed by atoms with Crippen molar-refractivity contribution < 1.29 is 19.1 Å². The van der Waals surface area contributed by atoms with Crippen molar-refractivity contribution in [1.82, 2.24) is 10.6 Å². The lowest BCUT2D eigenvalue weighted by Crippen LogP contribution is -2.31. The number of benzene rings is 2. The summed E-state index contributed by atoms with van der Waals surface area (Å²) >= 11 is 1.25. The Hall–Kier alpha value is -2.80. The number of hydrogen-bond donors (Lipinski definition) is 2. The zero-order valence-electron chi connectivity index (χ0n) is 15.9. The van der Waals surface area contributed by atoms with Crippen molar-refractivity contribution in [2.45, 2.75) is 31.3 Å². The van der Waals surface area contributed by atoms with Crippen LogP contribution in [0.1, 0.15) is 29.8 Å². The van der Waals surface area contributed by atoms with Crippen molar-refractivity contribution in [3.8, 4) is 0 Å². The smallest absolute Gasteiger partial charge is 0.339 e. The lowest BCUT2D eigenvalue weighted by Gasteiger charge is -2.11. The van der Waals surface area contributed by atoms with Gasteiger partial charge in [0.15, 0.2) is 6.61 Å². The molecule has 6 nitrogen and oxygen atoms in total. The molecule has 2 aromatic rings. The molecule has 148 valence electrons. The number of nitrogens with one attached hydrogen (secondary N) is 2. The normalized spacial score (nSPS) is 10.4. The number of amides is 2. The minimum atomic E-state index is -0.595. The Kier molecular flexibility index (Phi) is 8.55. The summed E-state index contributed by atoms with van der Waals surface area (Å²) in [6.45, 7) is 3.78. The second kappa shape index (κ2) is 11.1. The molecule has 2 rings (SSSR count). The molecule has 2 aromatic carbocycles. The average Bonchev–Trinajstić information content (AvgIpc) is 2.69. The highest BCUT2D eigenvalue weighted by Crippen LogP contribution is 2.23. The van der Waals surface area contributed by atoms with Crippen LogP contribution in [0.15, 0.2) is 59.5 Å². The Morgan fingerprint density at radius 1 is 0.964 bits per heavy atom. The number of rotatable bonds is 9. The Morgan fingerprint density at radius 3 is 2.36 bits per heavy atom. The largest absolute Gasteiger partial charge is 0.452 e. The minimum Gasteiger partial charge on any atom is -0.452 e. The summed E-state index contributed by atoms with van der Waals surface area (Å²) in [7, 11) is 0. The highest BCUT2D eigenvalue weighted by molar-refractivity contribution is 8.00. The molecule has 0 spiro atoms. The zero-order valence-corrected chi connectivity index (χ0v) is 16.8. The van der Waals surface area contributed by atoms with Crippen molar-refractivity contribution in [3.63, 3.8) is 0 Å². The third-order valence-corrected chi connectivity index (χ3v) is 4.66. The summed E-state index contributed by atoms with van der Waals surface area (Å²) in [4.78, 5) is 36.7. The van der Waals surface area contributed by atoms with Crippen LogP contribution < -0.4 is 10.6 Å². The first-order valence-electron chi connectivity index (χ1n) is 8.94. The van der Waals surface area contributed by atoms with Crippen molar-refractivity contribution in [2.75, 3.05) is 12.4 Å². The number of esters is 1. The quantitative estimate of drug-likeness (QED) is 0.499. The third kappa shape index (κ3) is 7.44. The number of hydrogen-bond acceptors (Lipinski definition) is 5. The SMILES string of the molecule is CC(C)NC(=O)CSc1ccccc1C(=O)OCC(=O)NCc1ccccc1. The standard InChI is InChI=1S/C21H24N2O4S/c1-15(2)23-20(25)14-28-18-11-7-6-10-17(18)21(26)27-13-19(24)22-12-16-8-4-3-5-9-16/h3-11,15H,12-14H2,1-2H3,(H,22,24)(H,23,25). The molecule has 0 saturated heterocycles. The van der Waals surface area contributed by atoms with Gasteiger partial charge in [-0.05, 0) is 31.5 Å². The lowest BCUT2D eigenvalue weighted by molar-refractivity contribution is -0.124. The van der Waals surface area contributed by atoms with E-state index in [9.17, 15) is 14.4 Å². The van der Waals surface area contributed by atoms with Crippen molar-refractivity contribution in [1.29, 1.82) is 0 Å². The second-order valence-corrected chi connectivity index (χ2v) is 7.36. The number of carbonyl (C=O) groups excluding carboxylic acids is 3. The Balaban J connectivity index is 1.84. The van der Waals surface area contributed by atoms with Crippen LogP contribution in [0.3, 0.4) is 0 Å². The van der Waals surface area contributed by atoms with E-state index in [0.717, 1.165) is 5.56 Å². The van der Waals surface area contributed by atoms with E-state index in [1.54, 1.807) is 24.3 Å². The van der Waals surface area contributed by atoms with E-state index < -0.39 is 5.97 Å². The molecule has 0 radical (unpaired) electrons. The van der Waals surface area contributed by atoms with Gasteiger partial charge in [0.1, 0.15) is 0 Å². The van der Waals surface area contributed by atoms with E-state index in [2.05, 4.69) is 10.6 Å². The molecule has 0 aromatic heterocycles. The second-order valence-electron chi connectivity index (χ2n) is 6.35. The molecule has 0 unspecified atom stereocenters. The van der Waals surface area contributed by atoms with Gasteiger partial charge >= 0.3 is 5.97 Å². The van der Waals surface area contributed by atoms with Crippen molar-refractivity contribution >= 4 is 29.5 Å². The first kappa shape index (κ1) is 21.5. The van der Waals surface area contributed by atoms with Crippen LogP contribution in [0.25, 0.3) is 0 Å². The fourth-order valence-electron chi connectivity index (χ4n) is 2.32. The monoisotopic (exact) mass is 400 g/mol. The summed E-state index contributed by atoms with van der Waals surface area (Å²) < 4.78 is 5.13. The molecule has 0 atom stereocenters. The van der Waals surface area contributed by atoms with Gasteiger partial charge in [-0.1, -0.05) is 42.5 Å². The van der Waals surface area contributed by atoms with Gasteiger partial charge in [-0.15, -0.1) is 11.8 Å². The Bertz CT molecular complexity index is 809. The van der Waals surface area contributed by atoms with E-state index in [1.807, 2.05) is 44.2 Å². The molecule has 0 saturated carbocycles. The summed E-state index contributed by atoms with van der Waals surface area (Å²) in [5.74, 6) is -0.885. The maximum atomic E-state index is 12.4. The first-order chi connectivity index (χ1) is 13.5. The van der Waals surface area contributed by atoms with Crippen LogP contribution in [0.2, 0.25) is 0 Å². The predicted molar refractivity (Wildman–Crippen MR) is 109 cm³/mol. The van der Waals surface area contributed by atoms with Gasteiger partial charge in [0.2, 0.25) is 5.91 Å². The maximum Gasteiger partial charge on any atom is 0.339 e. The van der Waals surface area contributed by atoms with Crippen LogP contribution in [0, 0.1) is 0 Å². The van der Waals surface area contributed by atoms with E-state index in [4.69, 9.17) is 4.74 Å². The summed E-state index contributed by atoms with van der Waals surface area (Å²) in [6.07, 6.45) is 0. The number of carbonyl (C=O) groups is 3. The van der Waals surface area contributed by atoms with E-state index in [-0.39, 0.29) is 30.2 Å². The zero-order chi connectivity index (χ0) is 20.4. The van der Waals surface area contributed by atoms with Crippen LogP contribution in [0.4, 0.5) is 0 Å². The summed E-state index contributed by atoms with van der Waals surface area (Å²) in [5.41, 5.74) is 1.30. The molecular formula is C21H24N2O4S. The molecule has 7 heteroatoms. The van der Waals surface area contributed by atoms with Gasteiger partial charge in [0.25, 0.3) is 5.91 Å². The van der Waals surface area contributed by atoms with Gasteiger partial charge in [-0.3, -0.25) is 9.59 Å². The highest BCUT2D eigenvalue weighted by Gasteiger charge is 2.15.